The number of rotatable bonds is 11. The van der Waals surface area contributed by atoms with Gasteiger partial charge in [0.25, 0.3) is 0 Å². The Bertz CT molecular complexity index is 1170. The summed E-state index contributed by atoms with van der Waals surface area (Å²) in [6, 6.07) is 21.6. The highest BCUT2D eigenvalue weighted by Crippen LogP contribution is 2.24. The van der Waals surface area contributed by atoms with Crippen molar-refractivity contribution in [2.75, 3.05) is 7.11 Å². The predicted molar refractivity (Wildman–Crippen MR) is 146 cm³/mol. The van der Waals surface area contributed by atoms with Crippen molar-refractivity contribution in [1.29, 1.82) is 0 Å². The van der Waals surface area contributed by atoms with E-state index >= 15 is 0 Å². The molecular weight excluding hydrogens is 495 g/mol. The van der Waals surface area contributed by atoms with Crippen LogP contribution in [0.15, 0.2) is 72.8 Å². The molecule has 0 unspecified atom stereocenters. The lowest BCUT2D eigenvalue weighted by molar-refractivity contribution is -0.141. The molecule has 5 nitrogen and oxygen atoms in total. The molecule has 0 bridgehead atoms. The number of amides is 2. The van der Waals surface area contributed by atoms with Crippen LogP contribution in [0.25, 0.3) is 0 Å². The Morgan fingerprint density at radius 2 is 1.69 bits per heavy atom. The summed E-state index contributed by atoms with van der Waals surface area (Å²) < 4.78 is 5.38. The second-order valence-electron chi connectivity index (χ2n) is 8.81. The average molecular weight is 527 g/mol. The van der Waals surface area contributed by atoms with Gasteiger partial charge in [0.1, 0.15) is 11.8 Å². The molecule has 2 atom stereocenters. The van der Waals surface area contributed by atoms with Crippen molar-refractivity contribution in [2.24, 2.45) is 0 Å². The summed E-state index contributed by atoms with van der Waals surface area (Å²) in [5, 5.41) is 3.99. The SMILES string of the molecule is CC[C@H](C)NC(=O)[C@H](Cc1ccccc1)N(Cc1cccc(OC)c1)C(=O)Cc1ccc(Cl)cc1Cl. The largest absolute Gasteiger partial charge is 0.497 e. The zero-order chi connectivity index (χ0) is 26.1. The lowest BCUT2D eigenvalue weighted by Crippen LogP contribution is -2.52. The van der Waals surface area contributed by atoms with E-state index < -0.39 is 6.04 Å². The quantitative estimate of drug-likeness (QED) is 0.328. The highest BCUT2D eigenvalue weighted by Gasteiger charge is 2.31. The van der Waals surface area contributed by atoms with Crippen LogP contribution in [-0.2, 0) is 29.0 Å². The first-order chi connectivity index (χ1) is 17.3. The third-order valence-corrected chi connectivity index (χ3v) is 6.70. The van der Waals surface area contributed by atoms with Gasteiger partial charge in [0.15, 0.2) is 0 Å². The van der Waals surface area contributed by atoms with Crippen LogP contribution in [0.3, 0.4) is 0 Å². The van der Waals surface area contributed by atoms with Gasteiger partial charge in [-0.05, 0) is 54.3 Å². The molecule has 190 valence electrons. The molecule has 0 saturated carbocycles. The number of halogens is 2. The summed E-state index contributed by atoms with van der Waals surface area (Å²) in [5.74, 6) is 0.290. The van der Waals surface area contributed by atoms with Crippen LogP contribution < -0.4 is 10.1 Å². The number of ether oxygens (including phenoxy) is 1. The monoisotopic (exact) mass is 526 g/mol. The predicted octanol–water partition coefficient (Wildman–Crippen LogP) is 6.10. The van der Waals surface area contributed by atoms with Gasteiger partial charge in [0, 0.05) is 29.1 Å². The van der Waals surface area contributed by atoms with Crippen molar-refractivity contribution in [3.63, 3.8) is 0 Å². The summed E-state index contributed by atoms with van der Waals surface area (Å²) >= 11 is 12.4. The summed E-state index contributed by atoms with van der Waals surface area (Å²) in [4.78, 5) is 29.0. The fraction of sp³-hybridized carbons (Fsp3) is 0.310. The maximum Gasteiger partial charge on any atom is 0.243 e. The Morgan fingerprint density at radius 1 is 0.972 bits per heavy atom. The third kappa shape index (κ3) is 7.74. The number of hydrogen-bond donors (Lipinski definition) is 1. The molecule has 0 fully saturated rings. The van der Waals surface area contributed by atoms with Crippen LogP contribution in [0.5, 0.6) is 5.75 Å². The first-order valence-electron chi connectivity index (χ1n) is 12.0. The van der Waals surface area contributed by atoms with Crippen molar-refractivity contribution in [2.45, 2.75) is 51.7 Å². The molecule has 0 heterocycles. The number of benzene rings is 3. The van der Waals surface area contributed by atoms with Crippen LogP contribution in [0.4, 0.5) is 0 Å². The topological polar surface area (TPSA) is 58.6 Å². The summed E-state index contributed by atoms with van der Waals surface area (Å²) in [7, 11) is 1.60. The van der Waals surface area contributed by atoms with Crippen molar-refractivity contribution >= 4 is 35.0 Å². The zero-order valence-electron chi connectivity index (χ0n) is 20.8. The minimum absolute atomic E-state index is 0.0183. The van der Waals surface area contributed by atoms with Crippen LogP contribution >= 0.6 is 23.2 Å². The number of nitrogens with one attached hydrogen (secondary N) is 1. The van der Waals surface area contributed by atoms with Crippen molar-refractivity contribution < 1.29 is 14.3 Å². The third-order valence-electron chi connectivity index (χ3n) is 6.12. The van der Waals surface area contributed by atoms with E-state index in [0.29, 0.717) is 27.8 Å². The Kier molecular flexibility index (Phi) is 10.2. The smallest absolute Gasteiger partial charge is 0.243 e. The van der Waals surface area contributed by atoms with Gasteiger partial charge in [-0.2, -0.15) is 0 Å². The Balaban J connectivity index is 2.00. The normalized spacial score (nSPS) is 12.5. The molecule has 0 aromatic heterocycles. The number of methoxy groups -OCH3 is 1. The van der Waals surface area contributed by atoms with Gasteiger partial charge in [-0.1, -0.05) is 78.7 Å². The molecule has 0 aliphatic heterocycles. The van der Waals surface area contributed by atoms with E-state index in [0.717, 1.165) is 17.5 Å². The minimum atomic E-state index is -0.717. The zero-order valence-corrected chi connectivity index (χ0v) is 22.4. The van der Waals surface area contributed by atoms with Gasteiger partial charge < -0.3 is 15.0 Å². The van der Waals surface area contributed by atoms with Crippen LogP contribution in [0.2, 0.25) is 10.0 Å². The number of carbonyl (C=O) groups excluding carboxylic acids is 2. The highest BCUT2D eigenvalue weighted by molar-refractivity contribution is 6.35. The van der Waals surface area contributed by atoms with Gasteiger partial charge in [0.05, 0.1) is 13.5 Å². The van der Waals surface area contributed by atoms with Crippen LogP contribution in [0, 0.1) is 0 Å². The first kappa shape index (κ1) is 27.6. The molecule has 0 radical (unpaired) electrons. The van der Waals surface area contributed by atoms with Gasteiger partial charge in [-0.25, -0.2) is 0 Å². The summed E-state index contributed by atoms with van der Waals surface area (Å²) in [6.45, 7) is 4.21. The maximum absolute atomic E-state index is 13.8. The molecule has 7 heteroatoms. The minimum Gasteiger partial charge on any atom is -0.497 e. The number of carbonyl (C=O) groups is 2. The van der Waals surface area contributed by atoms with Crippen molar-refractivity contribution in [3.8, 4) is 5.75 Å². The van der Waals surface area contributed by atoms with Crippen molar-refractivity contribution in [3.05, 3.63) is 99.5 Å². The van der Waals surface area contributed by atoms with Crippen LogP contribution in [0.1, 0.15) is 37.0 Å². The fourth-order valence-electron chi connectivity index (χ4n) is 3.89. The Hall–Kier alpha value is -3.02. The molecule has 0 spiro atoms. The van der Waals surface area contributed by atoms with Gasteiger partial charge in [0.2, 0.25) is 11.8 Å². The summed E-state index contributed by atoms with van der Waals surface area (Å²) in [5.41, 5.74) is 2.48. The van der Waals surface area contributed by atoms with Gasteiger partial charge in [-0.3, -0.25) is 9.59 Å². The standard InChI is InChI=1S/C29H32Cl2N2O3/c1-4-20(2)32-29(35)27(16-21-9-6-5-7-10-21)33(19-22-11-8-12-25(15-22)36-3)28(34)17-23-13-14-24(30)18-26(23)31/h5-15,18,20,27H,4,16-17,19H2,1-3H3,(H,32,35)/t20-,27-/m0/s1. The molecule has 36 heavy (non-hydrogen) atoms. The van der Waals surface area contributed by atoms with E-state index in [1.165, 1.54) is 0 Å². The number of hydrogen-bond acceptors (Lipinski definition) is 3. The lowest BCUT2D eigenvalue weighted by atomic mass is 10.0. The maximum atomic E-state index is 13.8. The van der Waals surface area contributed by atoms with E-state index in [1.54, 1.807) is 30.2 Å². The molecular formula is C29H32Cl2N2O3. The summed E-state index contributed by atoms with van der Waals surface area (Å²) in [6.07, 6.45) is 1.21. The molecule has 0 aliphatic rings. The molecule has 3 aromatic rings. The molecule has 0 aliphatic carbocycles. The fourth-order valence-corrected chi connectivity index (χ4v) is 4.37. The molecule has 2 amide bonds. The van der Waals surface area contributed by atoms with Gasteiger partial charge in [-0.15, -0.1) is 0 Å². The van der Waals surface area contributed by atoms with E-state index in [1.807, 2.05) is 68.4 Å². The lowest BCUT2D eigenvalue weighted by Gasteiger charge is -2.32. The second kappa shape index (κ2) is 13.3. The first-order valence-corrected chi connectivity index (χ1v) is 12.8. The second-order valence-corrected chi connectivity index (χ2v) is 9.65. The molecule has 1 N–H and O–H groups in total. The van der Waals surface area contributed by atoms with Crippen LogP contribution in [-0.4, -0.2) is 35.9 Å². The number of nitrogens with zero attached hydrogens (tertiary/aromatic N) is 1. The van der Waals surface area contributed by atoms with E-state index in [9.17, 15) is 9.59 Å². The Labute approximate surface area is 223 Å². The highest BCUT2D eigenvalue weighted by atomic mass is 35.5. The van der Waals surface area contributed by atoms with E-state index in [-0.39, 0.29) is 30.8 Å². The van der Waals surface area contributed by atoms with Gasteiger partial charge >= 0.3 is 0 Å². The molecule has 3 aromatic carbocycles. The van der Waals surface area contributed by atoms with E-state index in [2.05, 4.69) is 5.32 Å². The molecule has 0 saturated heterocycles. The van der Waals surface area contributed by atoms with E-state index in [4.69, 9.17) is 27.9 Å². The Morgan fingerprint density at radius 3 is 2.36 bits per heavy atom. The average Bonchev–Trinajstić information content (AvgIpc) is 2.88. The van der Waals surface area contributed by atoms with Crippen molar-refractivity contribution in [1.82, 2.24) is 10.2 Å². The molecule has 3 rings (SSSR count).